The normalized spacial score (nSPS) is 10.4. The van der Waals surface area contributed by atoms with E-state index >= 15 is 0 Å². The Morgan fingerprint density at radius 2 is 2.32 bits per heavy atom. The molecule has 0 unspecified atom stereocenters. The van der Waals surface area contributed by atoms with Gasteiger partial charge in [0.25, 0.3) is 0 Å². The van der Waals surface area contributed by atoms with Gasteiger partial charge in [-0.05, 0) is 6.07 Å². The minimum absolute atomic E-state index is 0.0954. The lowest BCUT2D eigenvalue weighted by Crippen LogP contribution is -2.33. The zero-order valence-corrected chi connectivity index (χ0v) is 11.0. The molecule has 19 heavy (non-hydrogen) atoms. The van der Waals surface area contributed by atoms with Crippen LogP contribution in [0.25, 0.3) is 10.6 Å². The Labute approximate surface area is 113 Å². The van der Waals surface area contributed by atoms with Gasteiger partial charge in [-0.2, -0.15) is 0 Å². The first-order chi connectivity index (χ1) is 9.06. The minimum Gasteiger partial charge on any atom is -0.480 e. The molecular weight excluding hydrogens is 268 g/mol. The summed E-state index contributed by atoms with van der Waals surface area (Å²) in [6.45, 7) is -0.308. The summed E-state index contributed by atoms with van der Waals surface area (Å²) >= 11 is 1.42. The van der Waals surface area contributed by atoms with Crippen LogP contribution in [0.15, 0.2) is 28.4 Å². The van der Waals surface area contributed by atoms with Crippen molar-refractivity contribution in [1.82, 2.24) is 9.88 Å². The molecule has 7 heteroatoms. The van der Waals surface area contributed by atoms with Gasteiger partial charge in [-0.15, -0.1) is 11.3 Å². The molecule has 0 saturated heterocycles. The molecule has 0 atom stereocenters. The molecule has 2 aromatic heterocycles. The molecule has 0 fully saturated rings. The second-order valence-corrected chi connectivity index (χ2v) is 4.83. The number of carbonyl (C=O) groups is 2. The number of hydrogen-bond donors (Lipinski definition) is 1. The second-order valence-electron chi connectivity index (χ2n) is 3.98. The third-order valence-electron chi connectivity index (χ3n) is 2.45. The lowest BCUT2D eigenvalue weighted by Gasteiger charge is -2.13. The number of furan rings is 1. The van der Waals surface area contributed by atoms with Crippen LogP contribution in [-0.2, 0) is 16.0 Å². The van der Waals surface area contributed by atoms with Gasteiger partial charge in [0.05, 0.1) is 18.4 Å². The first kappa shape index (κ1) is 13.3. The van der Waals surface area contributed by atoms with Gasteiger partial charge in [0, 0.05) is 18.0 Å². The summed E-state index contributed by atoms with van der Waals surface area (Å²) in [5.74, 6) is -1.31. The third kappa shape index (κ3) is 3.41. The maximum Gasteiger partial charge on any atom is 0.323 e. The number of nitrogens with zero attached hydrogens (tertiary/aromatic N) is 2. The summed E-state index contributed by atoms with van der Waals surface area (Å²) in [4.78, 5) is 27.7. The van der Waals surface area contributed by atoms with Gasteiger partial charge < -0.3 is 14.4 Å². The van der Waals surface area contributed by atoms with Crippen molar-refractivity contribution in [3.63, 3.8) is 0 Å². The molecule has 1 amide bonds. The standard InChI is InChI=1S/C12H12N2O4S/c1-14(5-11(16)17)10(15)4-9-7-19-12(13-9)8-2-3-18-6-8/h2-3,6-7H,4-5H2,1H3,(H,16,17). The van der Waals surface area contributed by atoms with Crippen LogP contribution in [0.3, 0.4) is 0 Å². The topological polar surface area (TPSA) is 83.6 Å². The molecule has 2 aromatic rings. The number of carbonyl (C=O) groups excluding carboxylic acids is 1. The van der Waals surface area contributed by atoms with Crippen LogP contribution in [0.4, 0.5) is 0 Å². The van der Waals surface area contributed by atoms with Gasteiger partial charge in [0.2, 0.25) is 5.91 Å². The van der Waals surface area contributed by atoms with Gasteiger partial charge in [-0.1, -0.05) is 0 Å². The van der Waals surface area contributed by atoms with Crippen molar-refractivity contribution in [2.75, 3.05) is 13.6 Å². The third-order valence-corrected chi connectivity index (χ3v) is 3.39. The highest BCUT2D eigenvalue weighted by Gasteiger charge is 2.15. The van der Waals surface area contributed by atoms with Crippen molar-refractivity contribution in [1.29, 1.82) is 0 Å². The molecule has 0 saturated carbocycles. The molecule has 0 spiro atoms. The molecule has 100 valence electrons. The van der Waals surface area contributed by atoms with Crippen LogP contribution < -0.4 is 0 Å². The van der Waals surface area contributed by atoms with Crippen molar-refractivity contribution in [2.24, 2.45) is 0 Å². The summed E-state index contributed by atoms with van der Waals surface area (Å²) in [6.07, 6.45) is 3.24. The van der Waals surface area contributed by atoms with E-state index in [0.29, 0.717) is 5.69 Å². The van der Waals surface area contributed by atoms with Gasteiger partial charge >= 0.3 is 5.97 Å². The molecule has 0 radical (unpaired) electrons. The van der Waals surface area contributed by atoms with Crippen molar-refractivity contribution < 1.29 is 19.1 Å². The molecule has 0 aliphatic carbocycles. The first-order valence-corrected chi connectivity index (χ1v) is 6.37. The van der Waals surface area contributed by atoms with Crippen molar-refractivity contribution in [2.45, 2.75) is 6.42 Å². The summed E-state index contributed by atoms with van der Waals surface area (Å²) in [7, 11) is 1.46. The van der Waals surface area contributed by atoms with Crippen LogP contribution in [0.1, 0.15) is 5.69 Å². The Morgan fingerprint density at radius 3 is 2.95 bits per heavy atom. The number of carboxylic acid groups (broad SMARTS) is 1. The lowest BCUT2D eigenvalue weighted by molar-refractivity contribution is -0.143. The number of rotatable bonds is 5. The Bertz CT molecular complexity index is 576. The number of amides is 1. The van der Waals surface area contributed by atoms with Crippen LogP contribution in [0.5, 0.6) is 0 Å². The molecule has 2 heterocycles. The highest BCUT2D eigenvalue weighted by molar-refractivity contribution is 7.13. The number of carboxylic acids is 1. The monoisotopic (exact) mass is 280 g/mol. The van der Waals surface area contributed by atoms with E-state index < -0.39 is 5.97 Å². The Balaban J connectivity index is 2.00. The lowest BCUT2D eigenvalue weighted by atomic mass is 10.3. The number of aliphatic carboxylic acids is 1. The van der Waals surface area contributed by atoms with Gasteiger partial charge in [0.15, 0.2) is 0 Å². The fourth-order valence-corrected chi connectivity index (χ4v) is 2.29. The fourth-order valence-electron chi connectivity index (χ4n) is 1.49. The summed E-state index contributed by atoms with van der Waals surface area (Å²) in [6, 6.07) is 1.79. The highest BCUT2D eigenvalue weighted by Crippen LogP contribution is 2.24. The molecule has 0 bridgehead atoms. The van der Waals surface area contributed by atoms with Gasteiger partial charge in [-0.25, -0.2) is 4.98 Å². The molecule has 0 aliphatic rings. The zero-order chi connectivity index (χ0) is 13.8. The highest BCUT2D eigenvalue weighted by atomic mass is 32.1. The van der Waals surface area contributed by atoms with E-state index in [-0.39, 0.29) is 18.9 Å². The van der Waals surface area contributed by atoms with Gasteiger partial charge in [-0.3, -0.25) is 9.59 Å². The SMILES string of the molecule is CN(CC(=O)O)C(=O)Cc1csc(-c2ccoc2)n1. The molecule has 0 aliphatic heterocycles. The molecule has 2 rings (SSSR count). The van der Waals surface area contributed by atoms with Crippen molar-refractivity contribution in [3.05, 3.63) is 29.7 Å². The summed E-state index contributed by atoms with van der Waals surface area (Å²) in [5.41, 5.74) is 1.49. The smallest absolute Gasteiger partial charge is 0.323 e. The molecule has 0 aromatic carbocycles. The van der Waals surface area contributed by atoms with Crippen LogP contribution in [0.2, 0.25) is 0 Å². The number of thiazole rings is 1. The first-order valence-electron chi connectivity index (χ1n) is 5.49. The molecule has 1 N–H and O–H groups in total. The van der Waals surface area contributed by atoms with E-state index in [0.717, 1.165) is 10.6 Å². The van der Waals surface area contributed by atoms with Crippen molar-refractivity contribution in [3.8, 4) is 10.6 Å². The fraction of sp³-hybridized carbons (Fsp3) is 0.250. The maximum atomic E-state index is 11.8. The van der Waals surface area contributed by atoms with E-state index in [1.54, 1.807) is 24.0 Å². The zero-order valence-electron chi connectivity index (χ0n) is 10.2. The van der Waals surface area contributed by atoms with Gasteiger partial charge in [0.1, 0.15) is 17.8 Å². The number of aromatic nitrogens is 1. The van der Waals surface area contributed by atoms with E-state index in [1.807, 2.05) is 0 Å². The molecule has 6 nitrogen and oxygen atoms in total. The number of hydrogen-bond acceptors (Lipinski definition) is 5. The Hall–Kier alpha value is -2.15. The van der Waals surface area contributed by atoms with Crippen LogP contribution in [0, 0.1) is 0 Å². The van der Waals surface area contributed by atoms with Crippen LogP contribution in [-0.4, -0.2) is 40.5 Å². The summed E-state index contributed by atoms with van der Waals surface area (Å²) in [5, 5.41) is 11.2. The van der Waals surface area contributed by atoms with E-state index in [4.69, 9.17) is 9.52 Å². The number of likely N-dealkylation sites (N-methyl/N-ethyl adjacent to an activating group) is 1. The van der Waals surface area contributed by atoms with Crippen molar-refractivity contribution >= 4 is 23.2 Å². The predicted octanol–water partition coefficient (Wildman–Crippen LogP) is 1.49. The minimum atomic E-state index is -1.03. The van der Waals surface area contributed by atoms with E-state index in [1.165, 1.54) is 23.3 Å². The maximum absolute atomic E-state index is 11.8. The van der Waals surface area contributed by atoms with E-state index in [9.17, 15) is 9.59 Å². The Morgan fingerprint density at radius 1 is 1.53 bits per heavy atom. The van der Waals surface area contributed by atoms with Crippen LogP contribution >= 0.6 is 11.3 Å². The van der Waals surface area contributed by atoms with E-state index in [2.05, 4.69) is 4.98 Å². The second kappa shape index (κ2) is 5.66. The quantitative estimate of drug-likeness (QED) is 0.897. The summed E-state index contributed by atoms with van der Waals surface area (Å²) < 4.78 is 4.97. The Kier molecular flexibility index (Phi) is 3.96. The average molecular weight is 280 g/mol. The largest absolute Gasteiger partial charge is 0.480 e. The predicted molar refractivity (Wildman–Crippen MR) is 68.8 cm³/mol. The molecular formula is C12H12N2O4S. The average Bonchev–Trinajstić information content (AvgIpc) is 2.96.